The van der Waals surface area contributed by atoms with Crippen LogP contribution in [0.3, 0.4) is 0 Å². The summed E-state index contributed by atoms with van der Waals surface area (Å²) in [6.07, 6.45) is -1.42. The van der Waals surface area contributed by atoms with E-state index in [-0.39, 0.29) is 12.5 Å². The predicted octanol–water partition coefficient (Wildman–Crippen LogP) is 4.84. The summed E-state index contributed by atoms with van der Waals surface area (Å²) in [5.41, 5.74) is 1.48. The van der Waals surface area contributed by atoms with Crippen LogP contribution in [0.1, 0.15) is 52.7 Å². The van der Waals surface area contributed by atoms with Crippen molar-refractivity contribution in [2.75, 3.05) is 10.6 Å². The molecule has 0 fully saturated rings. The fraction of sp³-hybridized carbons (Fsp3) is 0.387. The van der Waals surface area contributed by atoms with Crippen molar-refractivity contribution in [3.63, 3.8) is 0 Å². The number of amides is 4. The van der Waals surface area contributed by atoms with Crippen LogP contribution in [-0.2, 0) is 25.7 Å². The quantitative estimate of drug-likeness (QED) is 0.256. The normalized spacial score (nSPS) is 12.7. The standard InChI is InChI=1S/C31H38N4O8/c1-17(2)26(35-30(40)43-31(5,6)7)28(38)32-19(4)27(37)33-21-10-8-20(9-11-21)16-41-29(39)34-22-12-13-23-18(3)14-25(36)42-24(23)15-22/h8-15,17,19,26H,16H2,1-7H3,(H,32,38)(H,33,37)(H,34,39)(H,35,40)/t19-,26-/m0/s1. The van der Waals surface area contributed by atoms with Gasteiger partial charge in [-0.25, -0.2) is 14.4 Å². The first-order valence-electron chi connectivity index (χ1n) is 13.8. The Bertz CT molecular complexity index is 1540. The zero-order valence-corrected chi connectivity index (χ0v) is 25.3. The third kappa shape index (κ3) is 9.87. The Hall–Kier alpha value is -4.87. The lowest BCUT2D eigenvalue weighted by Gasteiger charge is -2.26. The van der Waals surface area contributed by atoms with Gasteiger partial charge in [0.2, 0.25) is 11.8 Å². The number of carbonyl (C=O) groups is 4. The molecule has 0 spiro atoms. The van der Waals surface area contributed by atoms with Crippen molar-refractivity contribution in [3.8, 4) is 0 Å². The number of alkyl carbamates (subject to hydrolysis) is 1. The van der Waals surface area contributed by atoms with Gasteiger partial charge in [0.25, 0.3) is 0 Å². The molecule has 43 heavy (non-hydrogen) atoms. The maximum absolute atomic E-state index is 12.8. The molecule has 3 aromatic rings. The van der Waals surface area contributed by atoms with Gasteiger partial charge < -0.3 is 29.8 Å². The van der Waals surface area contributed by atoms with Crippen molar-refractivity contribution in [3.05, 3.63) is 70.1 Å². The number of hydrogen-bond donors (Lipinski definition) is 4. The first kappa shape index (κ1) is 32.6. The summed E-state index contributed by atoms with van der Waals surface area (Å²) in [5.74, 6) is -1.23. The van der Waals surface area contributed by atoms with E-state index in [1.165, 1.54) is 13.0 Å². The van der Waals surface area contributed by atoms with Crippen LogP contribution in [0.25, 0.3) is 11.0 Å². The summed E-state index contributed by atoms with van der Waals surface area (Å²) >= 11 is 0. The number of hydrogen-bond acceptors (Lipinski definition) is 8. The van der Waals surface area contributed by atoms with Crippen molar-refractivity contribution in [2.24, 2.45) is 5.92 Å². The Labute approximate surface area is 249 Å². The Balaban J connectivity index is 1.49. The minimum absolute atomic E-state index is 0.0322. The molecule has 4 N–H and O–H groups in total. The highest BCUT2D eigenvalue weighted by atomic mass is 16.6. The number of fused-ring (bicyclic) bond motifs is 1. The number of carbonyl (C=O) groups excluding carboxylic acids is 4. The molecule has 12 nitrogen and oxygen atoms in total. The maximum atomic E-state index is 12.8. The Morgan fingerprint density at radius 3 is 2.12 bits per heavy atom. The van der Waals surface area contributed by atoms with Crippen molar-refractivity contribution in [2.45, 2.75) is 72.8 Å². The summed E-state index contributed by atoms with van der Waals surface area (Å²) in [4.78, 5) is 61.6. The van der Waals surface area contributed by atoms with E-state index in [0.717, 1.165) is 10.9 Å². The van der Waals surface area contributed by atoms with E-state index < -0.39 is 47.3 Å². The Morgan fingerprint density at radius 2 is 1.49 bits per heavy atom. The second-order valence-electron chi connectivity index (χ2n) is 11.4. The minimum atomic E-state index is -0.896. The molecule has 2 aromatic carbocycles. The number of nitrogens with one attached hydrogen (secondary N) is 4. The van der Waals surface area contributed by atoms with Crippen LogP contribution in [-0.4, -0.2) is 41.7 Å². The van der Waals surface area contributed by atoms with Crippen LogP contribution in [0.5, 0.6) is 0 Å². The topological polar surface area (TPSA) is 165 Å². The molecule has 1 heterocycles. The number of rotatable bonds is 9. The molecular formula is C31H38N4O8. The van der Waals surface area contributed by atoms with Gasteiger partial charge in [0.1, 0.15) is 29.9 Å². The van der Waals surface area contributed by atoms with E-state index in [1.807, 2.05) is 0 Å². The molecule has 4 amide bonds. The second kappa shape index (κ2) is 13.9. The van der Waals surface area contributed by atoms with Gasteiger partial charge in [0.15, 0.2) is 0 Å². The van der Waals surface area contributed by atoms with E-state index >= 15 is 0 Å². The first-order valence-corrected chi connectivity index (χ1v) is 13.8. The Kier molecular flexibility index (Phi) is 10.5. The van der Waals surface area contributed by atoms with E-state index in [9.17, 15) is 24.0 Å². The van der Waals surface area contributed by atoms with Gasteiger partial charge in [-0.2, -0.15) is 0 Å². The fourth-order valence-corrected chi connectivity index (χ4v) is 3.98. The van der Waals surface area contributed by atoms with Gasteiger partial charge in [0, 0.05) is 28.9 Å². The molecule has 0 aliphatic rings. The van der Waals surface area contributed by atoms with Gasteiger partial charge >= 0.3 is 17.8 Å². The summed E-state index contributed by atoms with van der Waals surface area (Å²) in [6.45, 7) is 12.0. The van der Waals surface area contributed by atoms with E-state index in [0.29, 0.717) is 22.5 Å². The van der Waals surface area contributed by atoms with E-state index in [2.05, 4.69) is 21.3 Å². The number of benzene rings is 2. The average molecular weight is 595 g/mol. The zero-order valence-electron chi connectivity index (χ0n) is 25.3. The monoisotopic (exact) mass is 594 g/mol. The van der Waals surface area contributed by atoms with Crippen LogP contribution < -0.4 is 26.9 Å². The number of ether oxygens (including phenoxy) is 2. The average Bonchev–Trinajstić information content (AvgIpc) is 2.89. The second-order valence-corrected chi connectivity index (χ2v) is 11.4. The molecule has 12 heteroatoms. The SMILES string of the molecule is Cc1cc(=O)oc2cc(NC(=O)OCc3ccc(NC(=O)[C@H](C)NC(=O)[C@@H](NC(=O)OC(C)(C)C)C(C)C)cc3)ccc12. The van der Waals surface area contributed by atoms with Crippen molar-refractivity contribution in [1.82, 2.24) is 10.6 Å². The molecule has 2 atom stereocenters. The van der Waals surface area contributed by atoms with Gasteiger partial charge in [-0.3, -0.25) is 14.9 Å². The molecule has 0 aliphatic carbocycles. The fourth-order valence-electron chi connectivity index (χ4n) is 3.98. The van der Waals surface area contributed by atoms with Gasteiger partial charge in [-0.05, 0) is 75.9 Å². The molecule has 0 radical (unpaired) electrons. The summed E-state index contributed by atoms with van der Waals surface area (Å²) < 4.78 is 15.7. The molecule has 230 valence electrons. The van der Waals surface area contributed by atoms with Gasteiger partial charge in [0.05, 0.1) is 0 Å². The molecule has 0 bridgehead atoms. The maximum Gasteiger partial charge on any atom is 0.411 e. The summed E-state index contributed by atoms with van der Waals surface area (Å²) in [5, 5.41) is 11.3. The van der Waals surface area contributed by atoms with Crippen LogP contribution in [0.4, 0.5) is 21.0 Å². The lowest BCUT2D eigenvalue weighted by Crippen LogP contribution is -2.54. The Morgan fingerprint density at radius 1 is 0.837 bits per heavy atom. The van der Waals surface area contributed by atoms with E-state index in [4.69, 9.17) is 13.9 Å². The highest BCUT2D eigenvalue weighted by Crippen LogP contribution is 2.21. The van der Waals surface area contributed by atoms with Crippen LogP contribution in [0.2, 0.25) is 0 Å². The van der Waals surface area contributed by atoms with Crippen LogP contribution >= 0.6 is 0 Å². The highest BCUT2D eigenvalue weighted by Gasteiger charge is 2.29. The van der Waals surface area contributed by atoms with Crippen LogP contribution in [0, 0.1) is 12.8 Å². The first-order chi connectivity index (χ1) is 20.1. The van der Waals surface area contributed by atoms with Crippen molar-refractivity contribution in [1.29, 1.82) is 0 Å². The molecule has 0 unspecified atom stereocenters. The van der Waals surface area contributed by atoms with Crippen LogP contribution in [0.15, 0.2) is 57.7 Å². The highest BCUT2D eigenvalue weighted by molar-refractivity contribution is 5.98. The zero-order chi connectivity index (χ0) is 31.9. The molecule has 0 saturated carbocycles. The molecule has 3 rings (SSSR count). The smallest absolute Gasteiger partial charge is 0.411 e. The summed E-state index contributed by atoms with van der Waals surface area (Å²) in [7, 11) is 0. The third-order valence-electron chi connectivity index (χ3n) is 6.16. The lowest BCUT2D eigenvalue weighted by molar-refractivity contribution is -0.128. The molecular weight excluding hydrogens is 556 g/mol. The lowest BCUT2D eigenvalue weighted by atomic mass is 10.0. The minimum Gasteiger partial charge on any atom is -0.444 e. The van der Waals surface area contributed by atoms with Gasteiger partial charge in [-0.15, -0.1) is 0 Å². The molecule has 0 aliphatic heterocycles. The van der Waals surface area contributed by atoms with Crippen molar-refractivity contribution < 1.29 is 33.1 Å². The molecule has 0 saturated heterocycles. The third-order valence-corrected chi connectivity index (χ3v) is 6.16. The largest absolute Gasteiger partial charge is 0.444 e. The number of aryl methyl sites for hydroxylation is 1. The summed E-state index contributed by atoms with van der Waals surface area (Å²) in [6, 6.07) is 11.2. The molecule has 1 aromatic heterocycles. The van der Waals surface area contributed by atoms with Gasteiger partial charge in [-0.1, -0.05) is 26.0 Å². The predicted molar refractivity (Wildman–Crippen MR) is 162 cm³/mol. The van der Waals surface area contributed by atoms with Crippen molar-refractivity contribution >= 4 is 46.3 Å². The van der Waals surface area contributed by atoms with E-state index in [1.54, 1.807) is 84.0 Å². The number of anilines is 2.